The standard InChI is InChI=1S/C13H15N5O3/c1-7-16-13(21-18-7)2-3-15-9-5-10-11(4-8(9)14)20-6-12(19)17-10/h4-5,15H,2-3,6,14H2,1H3,(H,17,19). The molecule has 0 bridgehead atoms. The Labute approximate surface area is 120 Å². The van der Waals surface area contributed by atoms with Crippen molar-refractivity contribution >= 4 is 23.0 Å². The monoisotopic (exact) mass is 289 g/mol. The van der Waals surface area contributed by atoms with Crippen molar-refractivity contribution in [2.45, 2.75) is 13.3 Å². The smallest absolute Gasteiger partial charge is 0.262 e. The molecule has 1 amide bonds. The zero-order chi connectivity index (χ0) is 14.8. The second kappa shape index (κ2) is 5.31. The molecule has 21 heavy (non-hydrogen) atoms. The molecule has 0 unspecified atom stereocenters. The Hall–Kier alpha value is -2.77. The van der Waals surface area contributed by atoms with Gasteiger partial charge in [0.2, 0.25) is 5.89 Å². The van der Waals surface area contributed by atoms with E-state index in [-0.39, 0.29) is 12.5 Å². The van der Waals surface area contributed by atoms with Crippen molar-refractivity contribution in [3.63, 3.8) is 0 Å². The lowest BCUT2D eigenvalue weighted by Crippen LogP contribution is -2.25. The molecule has 0 saturated carbocycles. The maximum atomic E-state index is 11.3. The second-order valence-corrected chi connectivity index (χ2v) is 4.68. The summed E-state index contributed by atoms with van der Waals surface area (Å²) < 4.78 is 10.3. The summed E-state index contributed by atoms with van der Waals surface area (Å²) in [5.41, 5.74) is 7.83. The SMILES string of the molecule is Cc1noc(CCNc2cc3c(cc2N)OCC(=O)N3)n1. The van der Waals surface area contributed by atoms with Crippen molar-refractivity contribution in [1.29, 1.82) is 0 Å². The summed E-state index contributed by atoms with van der Waals surface area (Å²) in [7, 11) is 0. The van der Waals surface area contributed by atoms with Gasteiger partial charge in [-0.2, -0.15) is 4.98 Å². The third kappa shape index (κ3) is 2.88. The number of aromatic nitrogens is 2. The average Bonchev–Trinajstić information content (AvgIpc) is 2.85. The van der Waals surface area contributed by atoms with Crippen LogP contribution in [-0.2, 0) is 11.2 Å². The van der Waals surface area contributed by atoms with Crippen LogP contribution in [0.15, 0.2) is 16.7 Å². The van der Waals surface area contributed by atoms with E-state index in [1.54, 1.807) is 19.1 Å². The van der Waals surface area contributed by atoms with E-state index in [1.807, 2.05) is 0 Å². The van der Waals surface area contributed by atoms with Gasteiger partial charge in [0.05, 0.1) is 17.1 Å². The van der Waals surface area contributed by atoms with Crippen molar-refractivity contribution in [2.24, 2.45) is 0 Å². The molecule has 1 aromatic heterocycles. The number of nitrogens with one attached hydrogen (secondary N) is 2. The molecule has 0 atom stereocenters. The molecule has 1 aliphatic heterocycles. The van der Waals surface area contributed by atoms with E-state index >= 15 is 0 Å². The van der Waals surface area contributed by atoms with Crippen LogP contribution in [0.5, 0.6) is 5.75 Å². The molecule has 0 fully saturated rings. The molecule has 2 heterocycles. The van der Waals surface area contributed by atoms with Gasteiger partial charge < -0.3 is 25.6 Å². The molecule has 4 N–H and O–H groups in total. The fourth-order valence-corrected chi connectivity index (χ4v) is 2.04. The summed E-state index contributed by atoms with van der Waals surface area (Å²) >= 11 is 0. The number of aryl methyl sites for hydroxylation is 1. The number of nitrogens with two attached hydrogens (primary N) is 1. The van der Waals surface area contributed by atoms with Gasteiger partial charge in [-0.15, -0.1) is 0 Å². The molecule has 110 valence electrons. The number of benzene rings is 1. The minimum atomic E-state index is -0.181. The summed E-state index contributed by atoms with van der Waals surface area (Å²) in [5, 5.41) is 9.64. The minimum Gasteiger partial charge on any atom is -0.482 e. The number of nitrogens with zero attached hydrogens (tertiary/aromatic N) is 2. The number of ether oxygens (including phenoxy) is 1. The van der Waals surface area contributed by atoms with Crippen LogP contribution >= 0.6 is 0 Å². The van der Waals surface area contributed by atoms with Gasteiger partial charge in [-0.25, -0.2) is 0 Å². The molecule has 8 nitrogen and oxygen atoms in total. The van der Waals surface area contributed by atoms with Crippen molar-refractivity contribution in [2.75, 3.05) is 29.5 Å². The number of hydrogen-bond acceptors (Lipinski definition) is 7. The highest BCUT2D eigenvalue weighted by molar-refractivity contribution is 5.97. The molecule has 0 radical (unpaired) electrons. The number of anilines is 3. The quantitative estimate of drug-likeness (QED) is 0.717. The highest BCUT2D eigenvalue weighted by Gasteiger charge is 2.17. The number of amides is 1. The lowest BCUT2D eigenvalue weighted by Gasteiger charge is -2.20. The average molecular weight is 289 g/mol. The number of fused-ring (bicyclic) bond motifs is 1. The van der Waals surface area contributed by atoms with Crippen LogP contribution in [0.25, 0.3) is 0 Å². The van der Waals surface area contributed by atoms with Gasteiger partial charge in [0.25, 0.3) is 5.91 Å². The first-order valence-corrected chi connectivity index (χ1v) is 6.51. The van der Waals surface area contributed by atoms with E-state index in [9.17, 15) is 4.79 Å². The van der Waals surface area contributed by atoms with Crippen LogP contribution in [0.2, 0.25) is 0 Å². The van der Waals surface area contributed by atoms with Gasteiger partial charge in [-0.05, 0) is 13.0 Å². The van der Waals surface area contributed by atoms with Crippen LogP contribution in [0, 0.1) is 6.92 Å². The Morgan fingerprint density at radius 2 is 2.33 bits per heavy atom. The Morgan fingerprint density at radius 3 is 3.10 bits per heavy atom. The van der Waals surface area contributed by atoms with Crippen LogP contribution in [0.1, 0.15) is 11.7 Å². The number of hydrogen-bond donors (Lipinski definition) is 3. The summed E-state index contributed by atoms with van der Waals surface area (Å²) in [5.74, 6) is 1.57. The normalized spacial score (nSPS) is 13.3. The minimum absolute atomic E-state index is 0.00965. The van der Waals surface area contributed by atoms with E-state index in [1.165, 1.54) is 0 Å². The first kappa shape index (κ1) is 13.2. The number of carbonyl (C=O) groups is 1. The summed E-state index contributed by atoms with van der Waals surface area (Å²) in [6.45, 7) is 2.36. The molecular weight excluding hydrogens is 274 g/mol. The Morgan fingerprint density at radius 1 is 1.48 bits per heavy atom. The molecule has 1 aliphatic rings. The largest absolute Gasteiger partial charge is 0.482 e. The number of rotatable bonds is 4. The molecule has 0 saturated heterocycles. The lowest BCUT2D eigenvalue weighted by atomic mass is 10.2. The Kier molecular flexibility index (Phi) is 3.35. The summed E-state index contributed by atoms with van der Waals surface area (Å²) in [6, 6.07) is 3.44. The highest BCUT2D eigenvalue weighted by atomic mass is 16.5. The molecule has 0 spiro atoms. The second-order valence-electron chi connectivity index (χ2n) is 4.68. The Bertz CT molecular complexity index is 682. The van der Waals surface area contributed by atoms with Crippen molar-refractivity contribution in [3.05, 3.63) is 23.8 Å². The Balaban J connectivity index is 1.67. The number of carbonyl (C=O) groups excluding carboxylic acids is 1. The van der Waals surface area contributed by atoms with Gasteiger partial charge in [-0.3, -0.25) is 4.79 Å². The maximum Gasteiger partial charge on any atom is 0.262 e. The van der Waals surface area contributed by atoms with Crippen molar-refractivity contribution in [3.8, 4) is 5.75 Å². The topological polar surface area (TPSA) is 115 Å². The first-order chi connectivity index (χ1) is 10.1. The van der Waals surface area contributed by atoms with Gasteiger partial charge in [-0.1, -0.05) is 5.16 Å². The van der Waals surface area contributed by atoms with Crippen LogP contribution in [0.4, 0.5) is 17.1 Å². The third-order valence-corrected chi connectivity index (χ3v) is 3.01. The molecule has 1 aromatic carbocycles. The van der Waals surface area contributed by atoms with Crippen LogP contribution in [-0.4, -0.2) is 29.2 Å². The fourth-order valence-electron chi connectivity index (χ4n) is 2.04. The molecule has 8 heteroatoms. The lowest BCUT2D eigenvalue weighted by molar-refractivity contribution is -0.118. The van der Waals surface area contributed by atoms with Crippen LogP contribution < -0.4 is 21.1 Å². The molecule has 2 aromatic rings. The maximum absolute atomic E-state index is 11.3. The van der Waals surface area contributed by atoms with E-state index in [4.69, 9.17) is 15.0 Å². The molecule has 3 rings (SSSR count). The van der Waals surface area contributed by atoms with Gasteiger partial charge in [0.15, 0.2) is 12.4 Å². The summed E-state index contributed by atoms with van der Waals surface area (Å²) in [4.78, 5) is 15.4. The van der Waals surface area contributed by atoms with E-state index in [2.05, 4.69) is 20.8 Å². The van der Waals surface area contributed by atoms with E-state index in [0.717, 1.165) is 5.69 Å². The van der Waals surface area contributed by atoms with Gasteiger partial charge in [0, 0.05) is 19.0 Å². The predicted molar refractivity (Wildman–Crippen MR) is 76.2 cm³/mol. The van der Waals surface area contributed by atoms with Crippen LogP contribution in [0.3, 0.4) is 0 Å². The zero-order valence-corrected chi connectivity index (χ0v) is 11.5. The van der Waals surface area contributed by atoms with Gasteiger partial charge in [0.1, 0.15) is 5.75 Å². The first-order valence-electron chi connectivity index (χ1n) is 6.51. The highest BCUT2D eigenvalue weighted by Crippen LogP contribution is 2.35. The fraction of sp³-hybridized carbons (Fsp3) is 0.308. The number of nitrogen functional groups attached to an aromatic ring is 1. The zero-order valence-electron chi connectivity index (χ0n) is 11.5. The van der Waals surface area contributed by atoms with Crippen molar-refractivity contribution in [1.82, 2.24) is 10.1 Å². The predicted octanol–water partition coefficient (Wildman–Crippen LogP) is 0.946. The molecule has 0 aliphatic carbocycles. The van der Waals surface area contributed by atoms with Crippen molar-refractivity contribution < 1.29 is 14.1 Å². The van der Waals surface area contributed by atoms with E-state index < -0.39 is 0 Å². The third-order valence-electron chi connectivity index (χ3n) is 3.01. The summed E-state index contributed by atoms with van der Waals surface area (Å²) in [6.07, 6.45) is 0.584. The molecular formula is C13H15N5O3. The van der Waals surface area contributed by atoms with E-state index in [0.29, 0.717) is 41.8 Å². The van der Waals surface area contributed by atoms with Gasteiger partial charge >= 0.3 is 0 Å².